The van der Waals surface area contributed by atoms with Crippen LogP contribution in [0.5, 0.6) is 0 Å². The van der Waals surface area contributed by atoms with E-state index in [1.165, 1.54) is 17.4 Å². The number of aliphatic hydroxyl groups excluding tert-OH is 1. The minimum Gasteiger partial charge on any atom is -0.392 e. The van der Waals surface area contributed by atoms with Gasteiger partial charge < -0.3 is 10.1 Å². The van der Waals surface area contributed by atoms with Crippen LogP contribution in [0.2, 0.25) is 0 Å². The molecule has 0 aliphatic heterocycles. The van der Waals surface area contributed by atoms with E-state index in [1.54, 1.807) is 6.07 Å². The van der Waals surface area contributed by atoms with Gasteiger partial charge in [0, 0.05) is 15.2 Å². The molecule has 0 saturated heterocycles. The summed E-state index contributed by atoms with van der Waals surface area (Å²) in [6.45, 7) is 3.85. The summed E-state index contributed by atoms with van der Waals surface area (Å²) in [5, 5.41) is 13.5. The number of H-pyrrole nitrogens is 1. The summed E-state index contributed by atoms with van der Waals surface area (Å²) in [7, 11) is 0. The highest BCUT2D eigenvalue weighted by Crippen LogP contribution is 2.40. The Kier molecular flexibility index (Phi) is 5.12. The Morgan fingerprint density at radius 1 is 1.29 bits per heavy atom. The first-order chi connectivity index (χ1) is 13.5. The molecule has 0 radical (unpaired) electrons. The van der Waals surface area contributed by atoms with Crippen LogP contribution in [0.3, 0.4) is 0 Å². The van der Waals surface area contributed by atoms with Crippen molar-refractivity contribution in [1.29, 1.82) is 0 Å². The molecule has 0 aliphatic rings. The van der Waals surface area contributed by atoms with Gasteiger partial charge in [-0.2, -0.15) is 0 Å². The van der Waals surface area contributed by atoms with E-state index >= 15 is 0 Å². The van der Waals surface area contributed by atoms with Crippen molar-refractivity contribution < 1.29 is 9.50 Å². The molecule has 2 aromatic heterocycles. The first-order valence-electron chi connectivity index (χ1n) is 9.11. The zero-order valence-corrected chi connectivity index (χ0v) is 17.9. The van der Waals surface area contributed by atoms with Crippen molar-refractivity contribution in [2.24, 2.45) is 0 Å². The maximum absolute atomic E-state index is 14.9. The lowest BCUT2D eigenvalue weighted by Gasteiger charge is -2.17. The molecule has 0 saturated carbocycles. The van der Waals surface area contributed by atoms with Crippen LogP contribution in [0.25, 0.3) is 32.1 Å². The fourth-order valence-corrected chi connectivity index (χ4v) is 5.07. The van der Waals surface area contributed by atoms with Gasteiger partial charge in [-0.3, -0.25) is 4.79 Å². The highest BCUT2D eigenvalue weighted by Gasteiger charge is 2.19. The molecule has 0 fully saturated rings. The number of halogens is 2. The highest BCUT2D eigenvalue weighted by atomic mass is 79.9. The number of thiophene rings is 1. The van der Waals surface area contributed by atoms with Gasteiger partial charge >= 0.3 is 0 Å². The van der Waals surface area contributed by atoms with Gasteiger partial charge in [0.2, 0.25) is 0 Å². The van der Waals surface area contributed by atoms with Crippen molar-refractivity contribution in [3.05, 3.63) is 67.5 Å². The van der Waals surface area contributed by atoms with Gasteiger partial charge in [0.1, 0.15) is 10.5 Å². The Balaban J connectivity index is 2.12. The lowest BCUT2D eigenvalue weighted by Crippen LogP contribution is -2.06. The van der Waals surface area contributed by atoms with Gasteiger partial charge in [0.15, 0.2) is 0 Å². The molecule has 3 nitrogen and oxygen atoms in total. The molecule has 2 heterocycles. The van der Waals surface area contributed by atoms with Gasteiger partial charge in [-0.15, -0.1) is 11.3 Å². The van der Waals surface area contributed by atoms with Crippen LogP contribution in [0.1, 0.15) is 37.3 Å². The fourth-order valence-electron chi connectivity index (χ4n) is 3.70. The Morgan fingerprint density at radius 2 is 2.07 bits per heavy atom. The monoisotopic (exact) mass is 459 g/mol. The lowest BCUT2D eigenvalue weighted by atomic mass is 9.91. The summed E-state index contributed by atoms with van der Waals surface area (Å²) >= 11 is 4.87. The molecule has 0 bridgehead atoms. The predicted octanol–water partition coefficient (Wildman–Crippen LogP) is 6.32. The van der Waals surface area contributed by atoms with Crippen molar-refractivity contribution in [1.82, 2.24) is 4.98 Å². The summed E-state index contributed by atoms with van der Waals surface area (Å²) in [5.74, 6) is -0.120. The molecular weight excluding hydrogens is 441 g/mol. The maximum Gasteiger partial charge on any atom is 0.266 e. The number of nitrogens with one attached hydrogen (secondary N) is 1. The van der Waals surface area contributed by atoms with Gasteiger partial charge in [-0.1, -0.05) is 26.0 Å². The van der Waals surface area contributed by atoms with E-state index in [2.05, 4.69) is 20.9 Å². The lowest BCUT2D eigenvalue weighted by molar-refractivity contribution is 0.282. The van der Waals surface area contributed by atoms with Crippen molar-refractivity contribution >= 4 is 48.3 Å². The molecule has 0 amide bonds. The first-order valence-corrected chi connectivity index (χ1v) is 10.8. The van der Waals surface area contributed by atoms with E-state index in [4.69, 9.17) is 0 Å². The number of aliphatic hydroxyl groups is 1. The second-order valence-electron chi connectivity index (χ2n) is 6.96. The van der Waals surface area contributed by atoms with Gasteiger partial charge in [-0.25, -0.2) is 4.39 Å². The normalized spacial score (nSPS) is 12.8. The van der Waals surface area contributed by atoms with Gasteiger partial charge in [0.25, 0.3) is 5.56 Å². The molecule has 0 aliphatic carbocycles. The Morgan fingerprint density at radius 3 is 2.75 bits per heavy atom. The summed E-state index contributed by atoms with van der Waals surface area (Å²) in [6, 6.07) is 8.94. The first kappa shape index (κ1) is 19.3. The standard InChI is InChI=1S/C22H19BrFNO2S/c1-3-11(2)14-5-4-12(9-17(14)24)18-13(10-26)8-16(23)20-19(18)15-6-7-28-21(15)22(27)25-20/h4-9,11,26H,3,10H2,1-2H3,(H,25,27). The largest absolute Gasteiger partial charge is 0.392 e. The number of benzene rings is 2. The number of fused-ring (bicyclic) bond motifs is 3. The average molecular weight is 460 g/mol. The molecule has 4 rings (SSSR count). The quantitative estimate of drug-likeness (QED) is 0.375. The smallest absolute Gasteiger partial charge is 0.266 e. The summed E-state index contributed by atoms with van der Waals surface area (Å²) in [4.78, 5) is 15.4. The number of rotatable bonds is 4. The SMILES string of the molecule is CCC(C)c1ccc(-c2c(CO)cc(Br)c3[nH]c(=O)c4sccc4c23)cc1F. The van der Waals surface area contributed by atoms with Crippen LogP contribution in [0, 0.1) is 5.82 Å². The van der Waals surface area contributed by atoms with Crippen LogP contribution < -0.4 is 5.56 Å². The van der Waals surface area contributed by atoms with E-state index in [1.807, 2.05) is 37.4 Å². The van der Waals surface area contributed by atoms with E-state index in [0.29, 0.717) is 31.4 Å². The number of hydrogen-bond donors (Lipinski definition) is 2. The zero-order chi connectivity index (χ0) is 20.0. The zero-order valence-electron chi connectivity index (χ0n) is 15.5. The Hall–Kier alpha value is -2.02. The van der Waals surface area contributed by atoms with Crippen molar-refractivity contribution in [2.75, 3.05) is 0 Å². The summed E-state index contributed by atoms with van der Waals surface area (Å²) < 4.78 is 16.2. The van der Waals surface area contributed by atoms with Crippen molar-refractivity contribution in [3.8, 4) is 11.1 Å². The minimum absolute atomic E-state index is 0.132. The van der Waals surface area contributed by atoms with E-state index < -0.39 is 0 Å². The maximum atomic E-state index is 14.9. The fraction of sp³-hybridized carbons (Fsp3) is 0.227. The summed E-state index contributed by atoms with van der Waals surface area (Å²) in [5.41, 5.74) is 3.29. The molecule has 144 valence electrons. The number of aromatic amines is 1. The van der Waals surface area contributed by atoms with Gasteiger partial charge in [-0.05, 0) is 74.1 Å². The summed E-state index contributed by atoms with van der Waals surface area (Å²) in [6.07, 6.45) is 0.857. The van der Waals surface area contributed by atoms with Crippen molar-refractivity contribution in [2.45, 2.75) is 32.8 Å². The highest BCUT2D eigenvalue weighted by molar-refractivity contribution is 9.10. The van der Waals surface area contributed by atoms with E-state index in [-0.39, 0.29) is 23.9 Å². The molecule has 1 atom stereocenters. The van der Waals surface area contributed by atoms with Gasteiger partial charge in [0.05, 0.1) is 12.1 Å². The van der Waals surface area contributed by atoms with Crippen LogP contribution in [0.15, 0.2) is 45.0 Å². The molecule has 2 N–H and O–H groups in total. The van der Waals surface area contributed by atoms with Crippen LogP contribution in [-0.4, -0.2) is 10.1 Å². The Bertz CT molecular complexity index is 1260. The third kappa shape index (κ3) is 3.00. The third-order valence-electron chi connectivity index (χ3n) is 5.34. The molecule has 1 unspecified atom stereocenters. The van der Waals surface area contributed by atoms with E-state index in [9.17, 15) is 14.3 Å². The van der Waals surface area contributed by atoms with Crippen LogP contribution in [0.4, 0.5) is 4.39 Å². The van der Waals surface area contributed by atoms with Crippen LogP contribution >= 0.6 is 27.3 Å². The molecular formula is C22H19BrFNO2S. The molecule has 28 heavy (non-hydrogen) atoms. The number of pyridine rings is 1. The topological polar surface area (TPSA) is 53.1 Å². The van der Waals surface area contributed by atoms with Crippen molar-refractivity contribution in [3.63, 3.8) is 0 Å². The molecule has 2 aromatic carbocycles. The second-order valence-corrected chi connectivity index (χ2v) is 8.73. The average Bonchev–Trinajstić information content (AvgIpc) is 3.18. The predicted molar refractivity (Wildman–Crippen MR) is 118 cm³/mol. The van der Waals surface area contributed by atoms with E-state index in [0.717, 1.165) is 22.8 Å². The molecule has 6 heteroatoms. The number of hydrogen-bond acceptors (Lipinski definition) is 3. The molecule has 4 aromatic rings. The van der Waals surface area contributed by atoms with Crippen LogP contribution in [-0.2, 0) is 6.61 Å². The second kappa shape index (κ2) is 7.43. The molecule has 0 spiro atoms. The number of aromatic nitrogens is 1. The Labute approximate surface area is 174 Å². The minimum atomic E-state index is -0.252. The third-order valence-corrected chi connectivity index (χ3v) is 6.88.